The van der Waals surface area contributed by atoms with Crippen LogP contribution in [0.5, 0.6) is 0 Å². The Morgan fingerprint density at radius 2 is 2.00 bits per heavy atom. The summed E-state index contributed by atoms with van der Waals surface area (Å²) < 4.78 is 13.3. The van der Waals surface area contributed by atoms with Crippen molar-refractivity contribution in [2.45, 2.75) is 58.8 Å². The molecule has 5 rings (SSSR count). The van der Waals surface area contributed by atoms with Crippen LogP contribution < -0.4 is 10.4 Å². The number of ether oxygens (including phenoxy) is 1. The molecule has 8 heteroatoms. The molecule has 4 heterocycles. The molecule has 0 saturated carbocycles. The summed E-state index contributed by atoms with van der Waals surface area (Å²) in [6.45, 7) is 8.90. The van der Waals surface area contributed by atoms with Gasteiger partial charge in [0.05, 0.1) is 24.2 Å². The van der Waals surface area contributed by atoms with Gasteiger partial charge in [-0.25, -0.2) is 9.97 Å². The molecular formula is C23H29BN4O3. The average molecular weight is 420 g/mol. The Hall–Kier alpha value is -2.42. The summed E-state index contributed by atoms with van der Waals surface area (Å²) in [6.07, 6.45) is 4.34. The molecule has 0 amide bonds. The lowest BCUT2D eigenvalue weighted by Gasteiger charge is -2.27. The van der Waals surface area contributed by atoms with E-state index in [0.29, 0.717) is 38.4 Å². The molecule has 0 radical (unpaired) electrons. The molecule has 2 aliphatic heterocycles. The highest BCUT2D eigenvalue weighted by molar-refractivity contribution is 6.62. The van der Waals surface area contributed by atoms with Gasteiger partial charge < -0.3 is 23.9 Å². The summed E-state index contributed by atoms with van der Waals surface area (Å²) in [5, 5.41) is 10.1. The molecule has 0 unspecified atom stereocenters. The molecule has 2 aliphatic rings. The van der Waals surface area contributed by atoms with Gasteiger partial charge in [0.15, 0.2) is 0 Å². The Morgan fingerprint density at radius 1 is 1.19 bits per heavy atom. The van der Waals surface area contributed by atoms with Gasteiger partial charge in [0.2, 0.25) is 0 Å². The number of benzene rings is 1. The second kappa shape index (κ2) is 8.26. The van der Waals surface area contributed by atoms with Gasteiger partial charge >= 0.3 is 7.12 Å². The first-order chi connectivity index (χ1) is 15.1. The van der Waals surface area contributed by atoms with Crippen molar-refractivity contribution in [2.75, 3.05) is 18.1 Å². The maximum absolute atomic E-state index is 10.1. The highest BCUT2D eigenvalue weighted by Crippen LogP contribution is 2.32. The summed E-state index contributed by atoms with van der Waals surface area (Å²) >= 11 is 0. The third kappa shape index (κ3) is 3.52. The summed E-state index contributed by atoms with van der Waals surface area (Å²) in [7, 11) is -0.873. The number of anilines is 1. The molecule has 0 bridgehead atoms. The number of hydrogen-bond acceptors (Lipinski definition) is 6. The fourth-order valence-electron chi connectivity index (χ4n) is 4.96. The molecule has 0 aliphatic carbocycles. The average Bonchev–Trinajstić information content (AvgIpc) is 3.44. The summed E-state index contributed by atoms with van der Waals surface area (Å²) in [5.74, 6) is 1.89. The Morgan fingerprint density at radius 3 is 2.71 bits per heavy atom. The van der Waals surface area contributed by atoms with E-state index >= 15 is 0 Å². The van der Waals surface area contributed by atoms with Gasteiger partial charge in [-0.2, -0.15) is 0 Å². The standard InChI is InChI=1S/C23H29BN4O3/c1-4-30-12-11-27-20-9-8-19-18(14-31-24(19)29)22(20)26-23(27)17-7-10-21(25-13-17)28-15(2)5-6-16(28)3/h7-10,13,15-16,29H,4-6,11-12,14H2,1-3H3/t15-,16-/m0/s1. The highest BCUT2D eigenvalue weighted by atomic mass is 16.5. The Kier molecular flexibility index (Phi) is 5.46. The number of fused-ring (bicyclic) bond motifs is 3. The number of nitrogens with zero attached hydrogens (tertiary/aromatic N) is 4. The lowest BCUT2D eigenvalue weighted by atomic mass is 9.79. The first-order valence-electron chi connectivity index (χ1n) is 11.2. The largest absolute Gasteiger partial charge is 0.491 e. The molecule has 3 aromatic rings. The van der Waals surface area contributed by atoms with Gasteiger partial charge in [0, 0.05) is 42.6 Å². The fraction of sp³-hybridized carbons (Fsp3) is 0.478. The Bertz CT molecular complexity index is 1070. The zero-order valence-corrected chi connectivity index (χ0v) is 18.4. The first-order valence-corrected chi connectivity index (χ1v) is 11.2. The lowest BCUT2D eigenvalue weighted by Crippen LogP contribution is -2.33. The zero-order valence-electron chi connectivity index (χ0n) is 18.4. The van der Waals surface area contributed by atoms with Gasteiger partial charge in [-0.15, -0.1) is 0 Å². The molecule has 1 fully saturated rings. The molecule has 7 nitrogen and oxygen atoms in total. The van der Waals surface area contributed by atoms with Crippen LogP contribution in [0.2, 0.25) is 0 Å². The normalized spacial score (nSPS) is 20.8. The van der Waals surface area contributed by atoms with Crippen molar-refractivity contribution in [2.24, 2.45) is 0 Å². The van der Waals surface area contributed by atoms with Crippen LogP contribution in [0.4, 0.5) is 5.82 Å². The van der Waals surface area contributed by atoms with Crippen molar-refractivity contribution in [1.82, 2.24) is 14.5 Å². The van der Waals surface area contributed by atoms with Crippen molar-refractivity contribution >= 4 is 29.4 Å². The van der Waals surface area contributed by atoms with E-state index in [1.165, 1.54) is 12.8 Å². The molecule has 2 atom stereocenters. The lowest BCUT2D eigenvalue weighted by molar-refractivity contribution is 0.140. The molecular weight excluding hydrogens is 391 g/mol. The van der Waals surface area contributed by atoms with E-state index in [2.05, 4.69) is 35.4 Å². The van der Waals surface area contributed by atoms with Crippen LogP contribution in [0.15, 0.2) is 30.5 Å². The summed E-state index contributed by atoms with van der Waals surface area (Å²) in [5.41, 5.74) is 4.65. The van der Waals surface area contributed by atoms with E-state index in [0.717, 1.165) is 39.3 Å². The van der Waals surface area contributed by atoms with Crippen molar-refractivity contribution in [1.29, 1.82) is 0 Å². The maximum atomic E-state index is 10.1. The summed E-state index contributed by atoms with van der Waals surface area (Å²) in [6, 6.07) is 9.21. The number of hydrogen-bond donors (Lipinski definition) is 1. The number of imidazole rings is 1. The molecule has 1 aromatic carbocycles. The molecule has 2 aromatic heterocycles. The predicted molar refractivity (Wildman–Crippen MR) is 122 cm³/mol. The van der Waals surface area contributed by atoms with Crippen molar-refractivity contribution in [3.05, 3.63) is 36.0 Å². The van der Waals surface area contributed by atoms with E-state index in [1.807, 2.05) is 25.3 Å². The van der Waals surface area contributed by atoms with E-state index in [-0.39, 0.29) is 0 Å². The van der Waals surface area contributed by atoms with Crippen LogP contribution >= 0.6 is 0 Å². The molecule has 1 saturated heterocycles. The maximum Gasteiger partial charge on any atom is 0.491 e. The minimum absolute atomic E-state index is 0.373. The van der Waals surface area contributed by atoms with Crippen molar-refractivity contribution in [3.8, 4) is 11.4 Å². The smallest absolute Gasteiger partial charge is 0.423 e. The van der Waals surface area contributed by atoms with Crippen LogP contribution in [0.1, 0.15) is 39.2 Å². The molecule has 31 heavy (non-hydrogen) atoms. The Balaban J connectivity index is 1.56. The van der Waals surface area contributed by atoms with Gasteiger partial charge in [-0.05, 0) is 57.3 Å². The first kappa shape index (κ1) is 20.5. The second-order valence-corrected chi connectivity index (χ2v) is 8.54. The van der Waals surface area contributed by atoms with E-state index in [9.17, 15) is 5.02 Å². The van der Waals surface area contributed by atoms with Crippen molar-refractivity contribution in [3.63, 3.8) is 0 Å². The number of pyridine rings is 1. The van der Waals surface area contributed by atoms with Gasteiger partial charge in [0.25, 0.3) is 0 Å². The van der Waals surface area contributed by atoms with Crippen LogP contribution in [0.3, 0.4) is 0 Å². The van der Waals surface area contributed by atoms with E-state index in [4.69, 9.17) is 19.4 Å². The molecule has 0 spiro atoms. The third-order valence-corrected chi connectivity index (χ3v) is 6.60. The van der Waals surface area contributed by atoms with Crippen LogP contribution in [0.25, 0.3) is 22.4 Å². The minimum Gasteiger partial charge on any atom is -0.423 e. The molecule has 162 valence electrons. The zero-order chi connectivity index (χ0) is 21.5. The SMILES string of the molecule is CCOCCn1c(-c2ccc(N3[C@@H](C)CC[C@@H]3C)nc2)nc2c3c(ccc21)B(O)OC3. The number of rotatable bonds is 6. The molecule has 1 N–H and O–H groups in total. The Labute approximate surface area is 183 Å². The van der Waals surface area contributed by atoms with E-state index < -0.39 is 7.12 Å². The van der Waals surface area contributed by atoms with Gasteiger partial charge in [0.1, 0.15) is 11.6 Å². The topological polar surface area (TPSA) is 72.6 Å². The number of aromatic nitrogens is 3. The fourth-order valence-corrected chi connectivity index (χ4v) is 4.96. The summed E-state index contributed by atoms with van der Waals surface area (Å²) in [4.78, 5) is 12.2. The van der Waals surface area contributed by atoms with Crippen LogP contribution in [-0.2, 0) is 22.5 Å². The van der Waals surface area contributed by atoms with Gasteiger partial charge in [-0.3, -0.25) is 0 Å². The van der Waals surface area contributed by atoms with Crippen LogP contribution in [0, 0.1) is 0 Å². The van der Waals surface area contributed by atoms with E-state index in [1.54, 1.807) is 0 Å². The van der Waals surface area contributed by atoms with Gasteiger partial charge in [-0.1, -0.05) is 6.07 Å². The third-order valence-electron chi connectivity index (χ3n) is 6.60. The second-order valence-electron chi connectivity index (χ2n) is 8.54. The highest BCUT2D eigenvalue weighted by Gasteiger charge is 2.31. The predicted octanol–water partition coefficient (Wildman–Crippen LogP) is 2.73. The van der Waals surface area contributed by atoms with Crippen LogP contribution in [-0.4, -0.2) is 52.0 Å². The monoisotopic (exact) mass is 420 g/mol. The van der Waals surface area contributed by atoms with Crippen molar-refractivity contribution < 1.29 is 14.4 Å². The minimum atomic E-state index is -0.873. The quantitative estimate of drug-likeness (QED) is 0.489.